The number of rotatable bonds is 3. The molecule has 20 heavy (non-hydrogen) atoms. The predicted octanol–water partition coefficient (Wildman–Crippen LogP) is 4.37. The van der Waals surface area contributed by atoms with Crippen molar-refractivity contribution in [2.24, 2.45) is 0 Å². The number of ether oxygens (including phenoxy) is 2. The highest BCUT2D eigenvalue weighted by Gasteiger charge is 2.30. The molecule has 0 amide bonds. The molecule has 104 valence electrons. The molecule has 0 spiro atoms. The number of benzene rings is 1. The van der Waals surface area contributed by atoms with Gasteiger partial charge in [0, 0.05) is 4.88 Å². The summed E-state index contributed by atoms with van der Waals surface area (Å²) in [5.74, 6) is 1.06. The molecule has 4 rings (SSSR count). The van der Waals surface area contributed by atoms with Crippen molar-refractivity contribution in [1.29, 1.82) is 0 Å². The van der Waals surface area contributed by atoms with Crippen molar-refractivity contribution >= 4 is 11.3 Å². The van der Waals surface area contributed by atoms with Crippen LogP contribution in [0.4, 0.5) is 0 Å². The molecule has 1 aliphatic heterocycles. The van der Waals surface area contributed by atoms with Gasteiger partial charge in [0.05, 0.1) is 13.7 Å². The van der Waals surface area contributed by atoms with Gasteiger partial charge < -0.3 is 9.47 Å². The molecular formula is C17H18O2S. The molecule has 0 N–H and O–H groups in total. The normalized spacial score (nSPS) is 20.6. The third-order valence-corrected chi connectivity index (χ3v) is 5.33. The fraction of sp³-hybridized carbons (Fsp3) is 0.412. The maximum absolute atomic E-state index is 5.55. The summed E-state index contributed by atoms with van der Waals surface area (Å²) in [7, 11) is 1.78. The van der Waals surface area contributed by atoms with E-state index in [9.17, 15) is 0 Å². The minimum Gasteiger partial charge on any atom is -0.496 e. The Bertz CT molecular complexity index is 640. The topological polar surface area (TPSA) is 21.8 Å². The maximum Gasteiger partial charge on any atom is 0.122 e. The summed E-state index contributed by atoms with van der Waals surface area (Å²) >= 11 is 1.82. The number of fused-ring (bicyclic) bond motifs is 1. The highest BCUT2D eigenvalue weighted by molar-refractivity contribution is 7.10. The van der Waals surface area contributed by atoms with E-state index in [2.05, 4.69) is 23.6 Å². The summed E-state index contributed by atoms with van der Waals surface area (Å²) < 4.78 is 11.0. The average molecular weight is 286 g/mol. The average Bonchev–Trinajstić information content (AvgIpc) is 3.24. The number of epoxide rings is 1. The maximum atomic E-state index is 5.55. The lowest BCUT2D eigenvalue weighted by Gasteiger charge is -2.22. The van der Waals surface area contributed by atoms with Gasteiger partial charge in [-0.15, -0.1) is 11.3 Å². The molecule has 2 aliphatic rings. The number of methoxy groups -OCH3 is 1. The second-order valence-electron chi connectivity index (χ2n) is 5.50. The van der Waals surface area contributed by atoms with E-state index in [0.717, 1.165) is 18.8 Å². The van der Waals surface area contributed by atoms with Crippen LogP contribution in [0.2, 0.25) is 0 Å². The van der Waals surface area contributed by atoms with E-state index in [4.69, 9.17) is 9.47 Å². The Morgan fingerprint density at radius 1 is 1.10 bits per heavy atom. The first-order valence-electron chi connectivity index (χ1n) is 7.26. The Morgan fingerprint density at radius 3 is 2.65 bits per heavy atom. The van der Waals surface area contributed by atoms with Crippen LogP contribution in [0.1, 0.15) is 34.9 Å². The summed E-state index contributed by atoms with van der Waals surface area (Å²) in [6, 6.07) is 6.62. The smallest absolute Gasteiger partial charge is 0.122 e. The first-order valence-corrected chi connectivity index (χ1v) is 8.14. The summed E-state index contributed by atoms with van der Waals surface area (Å²) in [5.41, 5.74) is 5.69. The molecule has 1 aromatic heterocycles. The Morgan fingerprint density at radius 2 is 1.90 bits per heavy atom. The van der Waals surface area contributed by atoms with E-state index in [1.807, 2.05) is 11.3 Å². The minimum absolute atomic E-state index is 0.339. The second kappa shape index (κ2) is 4.90. The number of hydrogen-bond donors (Lipinski definition) is 0. The van der Waals surface area contributed by atoms with Gasteiger partial charge in [0.2, 0.25) is 0 Å². The van der Waals surface area contributed by atoms with E-state index >= 15 is 0 Å². The zero-order valence-corrected chi connectivity index (χ0v) is 12.5. The molecule has 1 unspecified atom stereocenters. The summed E-state index contributed by atoms with van der Waals surface area (Å²) in [6.45, 7) is 0.881. The van der Waals surface area contributed by atoms with E-state index in [-0.39, 0.29) is 0 Å². The Balaban J connectivity index is 1.87. The standard InChI is InChI=1S/C17H18O2S/c1-18-15-7-6-12(11-4-2-3-5-13(11)15)14-8-9-20-17(14)16-10-19-16/h6-9,16H,2-5,10H2,1H3. The second-order valence-corrected chi connectivity index (χ2v) is 6.45. The molecule has 1 atom stereocenters. The molecule has 1 aromatic carbocycles. The van der Waals surface area contributed by atoms with Gasteiger partial charge in [-0.3, -0.25) is 0 Å². The number of thiophene rings is 1. The van der Waals surface area contributed by atoms with Crippen molar-refractivity contribution < 1.29 is 9.47 Å². The third-order valence-electron chi connectivity index (χ3n) is 4.32. The van der Waals surface area contributed by atoms with Crippen LogP contribution in [0.15, 0.2) is 23.6 Å². The van der Waals surface area contributed by atoms with Crippen LogP contribution in [0.25, 0.3) is 11.1 Å². The van der Waals surface area contributed by atoms with E-state index in [1.165, 1.54) is 46.4 Å². The Hall–Kier alpha value is -1.32. The first-order chi connectivity index (χ1) is 9.88. The third kappa shape index (κ3) is 1.97. The lowest BCUT2D eigenvalue weighted by atomic mass is 9.85. The van der Waals surface area contributed by atoms with Crippen molar-refractivity contribution in [3.8, 4) is 16.9 Å². The van der Waals surface area contributed by atoms with Crippen molar-refractivity contribution in [2.75, 3.05) is 13.7 Å². The summed E-state index contributed by atoms with van der Waals surface area (Å²) in [5, 5.41) is 2.19. The van der Waals surface area contributed by atoms with Gasteiger partial charge in [0.1, 0.15) is 11.9 Å². The zero-order chi connectivity index (χ0) is 13.5. The SMILES string of the molecule is COc1ccc(-c2ccsc2C2CO2)c2c1CCCC2. The van der Waals surface area contributed by atoms with Gasteiger partial charge in [-0.1, -0.05) is 6.07 Å². The largest absolute Gasteiger partial charge is 0.496 e. The molecule has 3 heteroatoms. The monoisotopic (exact) mass is 286 g/mol. The lowest BCUT2D eigenvalue weighted by molar-refractivity contribution is 0.406. The number of hydrogen-bond acceptors (Lipinski definition) is 3. The molecule has 0 radical (unpaired) electrons. The highest BCUT2D eigenvalue weighted by atomic mass is 32.1. The molecule has 2 heterocycles. The summed E-state index contributed by atoms with van der Waals surface area (Å²) in [4.78, 5) is 1.39. The van der Waals surface area contributed by atoms with Crippen LogP contribution in [0, 0.1) is 0 Å². The fourth-order valence-corrected chi connectivity index (χ4v) is 4.21. The predicted molar refractivity (Wildman–Crippen MR) is 81.6 cm³/mol. The molecule has 1 aliphatic carbocycles. The van der Waals surface area contributed by atoms with Crippen LogP contribution in [0.5, 0.6) is 5.75 Å². The molecule has 0 saturated carbocycles. The van der Waals surface area contributed by atoms with E-state index in [0.29, 0.717) is 6.10 Å². The quantitative estimate of drug-likeness (QED) is 0.781. The van der Waals surface area contributed by atoms with Gasteiger partial charge in [-0.2, -0.15) is 0 Å². The summed E-state index contributed by atoms with van der Waals surface area (Å²) in [6.07, 6.45) is 5.21. The van der Waals surface area contributed by atoms with E-state index in [1.54, 1.807) is 7.11 Å². The Kier molecular flexibility index (Phi) is 3.04. The van der Waals surface area contributed by atoms with Gasteiger partial charge in [-0.25, -0.2) is 0 Å². The van der Waals surface area contributed by atoms with Gasteiger partial charge in [0.25, 0.3) is 0 Å². The van der Waals surface area contributed by atoms with Crippen molar-refractivity contribution in [3.63, 3.8) is 0 Å². The molecule has 2 nitrogen and oxygen atoms in total. The molecule has 0 bridgehead atoms. The lowest BCUT2D eigenvalue weighted by Crippen LogP contribution is -2.07. The highest BCUT2D eigenvalue weighted by Crippen LogP contribution is 2.44. The van der Waals surface area contributed by atoms with Crippen LogP contribution >= 0.6 is 11.3 Å². The van der Waals surface area contributed by atoms with Crippen LogP contribution in [-0.4, -0.2) is 13.7 Å². The van der Waals surface area contributed by atoms with Gasteiger partial charge >= 0.3 is 0 Å². The van der Waals surface area contributed by atoms with Crippen LogP contribution < -0.4 is 4.74 Å². The zero-order valence-electron chi connectivity index (χ0n) is 11.6. The molecule has 1 fully saturated rings. The minimum atomic E-state index is 0.339. The van der Waals surface area contributed by atoms with Crippen molar-refractivity contribution in [2.45, 2.75) is 31.8 Å². The molecule has 2 aromatic rings. The first kappa shape index (κ1) is 12.4. The van der Waals surface area contributed by atoms with Gasteiger partial charge in [0.15, 0.2) is 0 Å². The fourth-order valence-electron chi connectivity index (χ4n) is 3.27. The van der Waals surface area contributed by atoms with Crippen molar-refractivity contribution in [3.05, 3.63) is 39.6 Å². The van der Waals surface area contributed by atoms with E-state index < -0.39 is 0 Å². The Labute approximate surface area is 123 Å². The van der Waals surface area contributed by atoms with Crippen LogP contribution in [0.3, 0.4) is 0 Å². The van der Waals surface area contributed by atoms with Crippen molar-refractivity contribution in [1.82, 2.24) is 0 Å². The van der Waals surface area contributed by atoms with Gasteiger partial charge in [-0.05, 0) is 65.4 Å². The molecule has 1 saturated heterocycles. The van der Waals surface area contributed by atoms with Crippen LogP contribution in [-0.2, 0) is 17.6 Å². The molecular weight excluding hydrogens is 268 g/mol.